The molecule has 3 nitrogen and oxygen atoms in total. The average molecular weight is 336 g/mol. The standard InChI is InChI=1S/C19H27ClN2O/c1-3-4-11-22(19(23)14-5-7-15(20)8-6-14)18-12-16-9-10-17(13-18)21(16)2/h5-8,16-18H,3-4,9-13H2,1-2H3/p+1/t16-,17+,18?. The fraction of sp³-hybridized carbons (Fsp3) is 0.632. The van der Waals surface area contributed by atoms with Crippen molar-refractivity contribution in [3.8, 4) is 0 Å². The Morgan fingerprint density at radius 3 is 2.39 bits per heavy atom. The summed E-state index contributed by atoms with van der Waals surface area (Å²) in [6.07, 6.45) is 7.16. The molecular formula is C19H28ClN2O+. The molecule has 3 rings (SSSR count). The minimum absolute atomic E-state index is 0.180. The van der Waals surface area contributed by atoms with Gasteiger partial charge in [-0.1, -0.05) is 24.9 Å². The maximum atomic E-state index is 13.1. The van der Waals surface area contributed by atoms with Crippen LogP contribution >= 0.6 is 11.6 Å². The molecule has 4 heteroatoms. The van der Waals surface area contributed by atoms with Crippen molar-refractivity contribution in [1.29, 1.82) is 0 Å². The number of benzene rings is 1. The van der Waals surface area contributed by atoms with Crippen molar-refractivity contribution in [3.05, 3.63) is 34.9 Å². The zero-order valence-corrected chi connectivity index (χ0v) is 15.0. The Hall–Kier alpha value is -1.06. The number of quaternary nitrogens is 1. The van der Waals surface area contributed by atoms with E-state index >= 15 is 0 Å². The van der Waals surface area contributed by atoms with E-state index in [4.69, 9.17) is 11.6 Å². The molecule has 1 aromatic carbocycles. The molecule has 0 aromatic heterocycles. The summed E-state index contributed by atoms with van der Waals surface area (Å²) in [5.41, 5.74) is 0.768. The number of hydrogen-bond donors (Lipinski definition) is 1. The molecule has 2 bridgehead atoms. The third-order valence-electron chi connectivity index (χ3n) is 5.81. The van der Waals surface area contributed by atoms with E-state index in [0.717, 1.165) is 49.9 Å². The number of rotatable bonds is 5. The summed E-state index contributed by atoms with van der Waals surface area (Å²) >= 11 is 5.96. The van der Waals surface area contributed by atoms with Gasteiger partial charge in [0.15, 0.2) is 0 Å². The van der Waals surface area contributed by atoms with Crippen molar-refractivity contribution in [3.63, 3.8) is 0 Å². The highest BCUT2D eigenvalue weighted by Gasteiger charge is 2.44. The summed E-state index contributed by atoms with van der Waals surface area (Å²) in [7, 11) is 2.33. The third-order valence-corrected chi connectivity index (χ3v) is 6.06. The number of unbranched alkanes of at least 4 members (excludes halogenated alkanes) is 1. The SMILES string of the molecule is CCCCN(C(=O)c1ccc(Cl)cc1)C1C[C@H]2CC[C@@H](C1)[NH+]2C. The molecule has 2 saturated heterocycles. The van der Waals surface area contributed by atoms with Crippen molar-refractivity contribution in [2.45, 2.75) is 63.6 Å². The summed E-state index contributed by atoms with van der Waals surface area (Å²) in [4.78, 5) is 16.9. The molecule has 2 aliphatic rings. The summed E-state index contributed by atoms with van der Waals surface area (Å²) < 4.78 is 0. The van der Waals surface area contributed by atoms with Crippen LogP contribution in [-0.4, -0.2) is 42.5 Å². The van der Waals surface area contributed by atoms with Crippen LogP contribution in [0.15, 0.2) is 24.3 Å². The monoisotopic (exact) mass is 335 g/mol. The highest BCUT2D eigenvalue weighted by Crippen LogP contribution is 2.27. The van der Waals surface area contributed by atoms with Gasteiger partial charge in [-0.2, -0.15) is 0 Å². The Balaban J connectivity index is 1.77. The number of hydrogen-bond acceptors (Lipinski definition) is 1. The van der Waals surface area contributed by atoms with Crippen molar-refractivity contribution in [1.82, 2.24) is 4.90 Å². The normalized spacial score (nSPS) is 29.5. The molecule has 0 spiro atoms. The number of carbonyl (C=O) groups excluding carboxylic acids is 1. The zero-order chi connectivity index (χ0) is 16.4. The Kier molecular flexibility index (Phi) is 5.27. The molecule has 0 aliphatic carbocycles. The van der Waals surface area contributed by atoms with E-state index in [2.05, 4.69) is 18.9 Å². The van der Waals surface area contributed by atoms with Crippen LogP contribution in [0.5, 0.6) is 0 Å². The lowest BCUT2D eigenvalue weighted by Gasteiger charge is -2.40. The number of amides is 1. The van der Waals surface area contributed by atoms with Gasteiger partial charge in [0.25, 0.3) is 5.91 Å². The number of nitrogens with zero attached hydrogens (tertiary/aromatic N) is 1. The van der Waals surface area contributed by atoms with Crippen LogP contribution in [-0.2, 0) is 0 Å². The minimum atomic E-state index is 0.180. The zero-order valence-electron chi connectivity index (χ0n) is 14.2. The van der Waals surface area contributed by atoms with Crippen LogP contribution in [0.3, 0.4) is 0 Å². The molecule has 0 radical (unpaired) electrons. The van der Waals surface area contributed by atoms with Gasteiger partial charge >= 0.3 is 0 Å². The predicted molar refractivity (Wildman–Crippen MR) is 94.1 cm³/mol. The van der Waals surface area contributed by atoms with Gasteiger partial charge in [0.2, 0.25) is 0 Å². The molecular weight excluding hydrogens is 308 g/mol. The molecule has 2 fully saturated rings. The van der Waals surface area contributed by atoms with Crippen LogP contribution in [0.25, 0.3) is 0 Å². The first-order chi connectivity index (χ1) is 11.1. The quantitative estimate of drug-likeness (QED) is 0.879. The summed E-state index contributed by atoms with van der Waals surface area (Å²) in [6.45, 7) is 3.06. The second-order valence-electron chi connectivity index (χ2n) is 7.20. The molecule has 1 aromatic rings. The van der Waals surface area contributed by atoms with Gasteiger partial charge in [-0.05, 0) is 30.7 Å². The highest BCUT2D eigenvalue weighted by molar-refractivity contribution is 6.30. The number of carbonyl (C=O) groups is 1. The smallest absolute Gasteiger partial charge is 0.254 e. The summed E-state index contributed by atoms with van der Waals surface area (Å²) in [5, 5.41) is 0.683. The molecule has 2 unspecified atom stereocenters. The number of halogens is 1. The lowest BCUT2D eigenvalue weighted by Crippen LogP contribution is -3.15. The van der Waals surface area contributed by atoms with Gasteiger partial charge in [0.05, 0.1) is 19.1 Å². The third kappa shape index (κ3) is 3.56. The Labute approximate surface area is 144 Å². The lowest BCUT2D eigenvalue weighted by atomic mass is 9.95. The largest absolute Gasteiger partial charge is 0.335 e. The first-order valence-corrected chi connectivity index (χ1v) is 9.37. The molecule has 4 atom stereocenters. The topological polar surface area (TPSA) is 24.8 Å². The van der Waals surface area contributed by atoms with Crippen molar-refractivity contribution < 1.29 is 9.69 Å². The molecule has 1 amide bonds. The van der Waals surface area contributed by atoms with Crippen molar-refractivity contribution in [2.75, 3.05) is 13.6 Å². The van der Waals surface area contributed by atoms with Crippen LogP contribution in [0.2, 0.25) is 5.02 Å². The molecule has 2 heterocycles. The van der Waals surface area contributed by atoms with Gasteiger partial charge in [-0.15, -0.1) is 0 Å². The van der Waals surface area contributed by atoms with E-state index in [-0.39, 0.29) is 5.91 Å². The van der Waals surface area contributed by atoms with E-state index in [1.54, 1.807) is 4.90 Å². The van der Waals surface area contributed by atoms with E-state index in [9.17, 15) is 4.79 Å². The first kappa shape index (κ1) is 16.8. The maximum absolute atomic E-state index is 13.1. The van der Waals surface area contributed by atoms with Gasteiger partial charge in [-0.3, -0.25) is 4.79 Å². The predicted octanol–water partition coefficient (Wildman–Crippen LogP) is 2.79. The van der Waals surface area contributed by atoms with Crippen LogP contribution in [0.1, 0.15) is 55.8 Å². The number of nitrogens with one attached hydrogen (secondary N) is 1. The Morgan fingerprint density at radius 1 is 1.22 bits per heavy atom. The van der Waals surface area contributed by atoms with Crippen molar-refractivity contribution >= 4 is 17.5 Å². The van der Waals surface area contributed by atoms with Crippen LogP contribution < -0.4 is 4.90 Å². The van der Waals surface area contributed by atoms with Crippen LogP contribution in [0, 0.1) is 0 Å². The summed E-state index contributed by atoms with van der Waals surface area (Å²) in [6, 6.07) is 9.23. The van der Waals surface area contributed by atoms with Crippen molar-refractivity contribution in [2.24, 2.45) is 0 Å². The van der Waals surface area contributed by atoms with E-state index in [0.29, 0.717) is 11.1 Å². The van der Waals surface area contributed by atoms with Crippen LogP contribution in [0.4, 0.5) is 0 Å². The fourth-order valence-corrected chi connectivity index (χ4v) is 4.47. The second kappa shape index (κ2) is 7.23. The van der Waals surface area contributed by atoms with E-state index in [1.807, 2.05) is 24.3 Å². The van der Waals surface area contributed by atoms with Gasteiger partial charge in [-0.25, -0.2) is 0 Å². The van der Waals surface area contributed by atoms with Gasteiger partial charge in [0, 0.05) is 48.9 Å². The second-order valence-corrected chi connectivity index (χ2v) is 7.64. The minimum Gasteiger partial charge on any atom is -0.335 e. The summed E-state index contributed by atoms with van der Waals surface area (Å²) in [5.74, 6) is 0.180. The molecule has 23 heavy (non-hydrogen) atoms. The molecule has 2 aliphatic heterocycles. The van der Waals surface area contributed by atoms with Gasteiger partial charge < -0.3 is 9.80 Å². The van der Waals surface area contributed by atoms with Gasteiger partial charge in [0.1, 0.15) is 0 Å². The molecule has 1 N–H and O–H groups in total. The average Bonchev–Trinajstić information content (AvgIpc) is 2.76. The highest BCUT2D eigenvalue weighted by atomic mass is 35.5. The fourth-order valence-electron chi connectivity index (χ4n) is 4.34. The lowest BCUT2D eigenvalue weighted by molar-refractivity contribution is -0.922. The Morgan fingerprint density at radius 2 is 1.83 bits per heavy atom. The first-order valence-electron chi connectivity index (χ1n) is 9.00. The van der Waals surface area contributed by atoms with E-state index < -0.39 is 0 Å². The molecule has 0 saturated carbocycles. The number of piperidine rings is 1. The Bertz CT molecular complexity index is 531. The molecule has 126 valence electrons. The van der Waals surface area contributed by atoms with E-state index in [1.165, 1.54) is 12.8 Å². The number of fused-ring (bicyclic) bond motifs is 2. The maximum Gasteiger partial charge on any atom is 0.254 e.